The molecule has 3 rings (SSSR count). The van der Waals surface area contributed by atoms with Crippen molar-refractivity contribution in [1.82, 2.24) is 14.8 Å². The summed E-state index contributed by atoms with van der Waals surface area (Å²) in [6.45, 7) is 8.72. The van der Waals surface area contributed by atoms with Gasteiger partial charge in [-0.3, -0.25) is 9.89 Å². The van der Waals surface area contributed by atoms with E-state index < -0.39 is 5.97 Å². The summed E-state index contributed by atoms with van der Waals surface area (Å²) >= 11 is 0. The van der Waals surface area contributed by atoms with E-state index in [0.717, 1.165) is 6.20 Å². The molecular weight excluding hydrogens is 322 g/mol. The Morgan fingerprint density at radius 2 is 2.04 bits per heavy atom. The van der Waals surface area contributed by atoms with Gasteiger partial charge in [0.25, 0.3) is 5.56 Å². The summed E-state index contributed by atoms with van der Waals surface area (Å²) in [7, 11) is 0. The lowest BCUT2D eigenvalue weighted by atomic mass is 10.1. The van der Waals surface area contributed by atoms with Crippen molar-refractivity contribution in [1.29, 1.82) is 0 Å². The number of carboxylic acids is 1. The van der Waals surface area contributed by atoms with Gasteiger partial charge in [-0.05, 0) is 12.5 Å². The van der Waals surface area contributed by atoms with Crippen molar-refractivity contribution < 1.29 is 9.90 Å². The Morgan fingerprint density at radius 1 is 1.36 bits per heavy atom. The molecule has 8 heteroatoms. The largest absolute Gasteiger partial charge is 0.478 e. The van der Waals surface area contributed by atoms with Gasteiger partial charge in [0, 0.05) is 18.0 Å². The number of aromatic nitrogens is 3. The lowest BCUT2D eigenvalue weighted by Gasteiger charge is -2.04. The third kappa shape index (κ3) is 2.74. The van der Waals surface area contributed by atoms with E-state index in [2.05, 4.69) is 14.9 Å². The Bertz CT molecular complexity index is 1070. The number of carbonyl (C=O) groups is 1. The van der Waals surface area contributed by atoms with Crippen molar-refractivity contribution in [3.63, 3.8) is 0 Å². The zero-order valence-electron chi connectivity index (χ0n) is 13.1. The molecule has 8 nitrogen and oxygen atoms in total. The Balaban J connectivity index is 2.11. The second-order valence-electron chi connectivity index (χ2n) is 5.35. The predicted molar refractivity (Wildman–Crippen MR) is 92.0 cm³/mol. The Hall–Kier alpha value is -3.86. The van der Waals surface area contributed by atoms with E-state index in [9.17, 15) is 9.59 Å². The maximum absolute atomic E-state index is 12.7. The van der Waals surface area contributed by atoms with Crippen LogP contribution < -0.4 is 11.3 Å². The third-order valence-electron chi connectivity index (χ3n) is 3.74. The fraction of sp³-hybridized carbons (Fsp3) is 0.0588. The molecule has 0 atom stereocenters. The van der Waals surface area contributed by atoms with Crippen LogP contribution in [0.2, 0.25) is 0 Å². The van der Waals surface area contributed by atoms with Crippen molar-refractivity contribution in [3.05, 3.63) is 69.6 Å². The van der Waals surface area contributed by atoms with E-state index in [0.29, 0.717) is 22.5 Å². The molecule has 0 saturated heterocycles. The SMILES string of the molecule is [C-]#[N+]c1ccc(-c2c(C)[nH]n(-c3cc(N)c(C(=O)O)cn3)c2=O)cc1. The van der Waals surface area contributed by atoms with E-state index in [1.165, 1.54) is 10.7 Å². The Kier molecular flexibility index (Phi) is 3.83. The number of nitrogens with one attached hydrogen (secondary N) is 1. The molecule has 0 aliphatic rings. The number of nitrogens with zero attached hydrogens (tertiary/aromatic N) is 3. The summed E-state index contributed by atoms with van der Waals surface area (Å²) in [6, 6.07) is 7.99. The van der Waals surface area contributed by atoms with Crippen LogP contribution in [-0.2, 0) is 0 Å². The Labute approximate surface area is 142 Å². The summed E-state index contributed by atoms with van der Waals surface area (Å²) in [5.74, 6) is -0.994. The number of aryl methyl sites for hydroxylation is 1. The van der Waals surface area contributed by atoms with E-state index in [1.54, 1.807) is 31.2 Å². The fourth-order valence-corrected chi connectivity index (χ4v) is 2.51. The third-order valence-corrected chi connectivity index (χ3v) is 3.74. The topological polar surface area (TPSA) is 118 Å². The Morgan fingerprint density at radius 3 is 2.60 bits per heavy atom. The average Bonchev–Trinajstić information content (AvgIpc) is 2.89. The number of H-pyrrole nitrogens is 1. The van der Waals surface area contributed by atoms with E-state index >= 15 is 0 Å². The van der Waals surface area contributed by atoms with Gasteiger partial charge in [-0.25, -0.2) is 19.3 Å². The number of pyridine rings is 1. The first kappa shape index (κ1) is 16.0. The van der Waals surface area contributed by atoms with Crippen molar-refractivity contribution in [2.75, 3.05) is 5.73 Å². The number of rotatable bonds is 3. The molecule has 2 aromatic heterocycles. The van der Waals surface area contributed by atoms with Crippen LogP contribution in [0.4, 0.5) is 11.4 Å². The zero-order chi connectivity index (χ0) is 18.1. The monoisotopic (exact) mass is 335 g/mol. The first-order valence-electron chi connectivity index (χ1n) is 7.21. The molecule has 0 saturated carbocycles. The van der Waals surface area contributed by atoms with Gasteiger partial charge in [-0.1, -0.05) is 24.3 Å². The minimum Gasteiger partial charge on any atom is -0.478 e. The van der Waals surface area contributed by atoms with Crippen LogP contribution in [0.5, 0.6) is 0 Å². The number of hydrogen-bond donors (Lipinski definition) is 3. The smallest absolute Gasteiger partial charge is 0.339 e. The maximum Gasteiger partial charge on any atom is 0.339 e. The highest BCUT2D eigenvalue weighted by atomic mass is 16.4. The molecule has 4 N–H and O–H groups in total. The van der Waals surface area contributed by atoms with Crippen LogP contribution in [0, 0.1) is 13.5 Å². The second-order valence-corrected chi connectivity index (χ2v) is 5.35. The number of carboxylic acid groups (broad SMARTS) is 1. The summed E-state index contributed by atoms with van der Waals surface area (Å²) in [4.78, 5) is 31.1. The van der Waals surface area contributed by atoms with Gasteiger partial charge >= 0.3 is 5.97 Å². The van der Waals surface area contributed by atoms with Gasteiger partial charge in [0.05, 0.1) is 17.8 Å². The molecule has 124 valence electrons. The van der Waals surface area contributed by atoms with Gasteiger partial charge < -0.3 is 10.8 Å². The predicted octanol–water partition coefficient (Wildman–Crippen LogP) is 2.37. The van der Waals surface area contributed by atoms with Crippen LogP contribution in [0.25, 0.3) is 21.8 Å². The molecule has 0 aliphatic carbocycles. The molecule has 3 aromatic rings. The van der Waals surface area contributed by atoms with E-state index in [4.69, 9.17) is 17.4 Å². The fourth-order valence-electron chi connectivity index (χ4n) is 2.51. The van der Waals surface area contributed by atoms with Gasteiger partial charge in [0.1, 0.15) is 5.56 Å². The molecule has 0 amide bonds. The molecule has 2 heterocycles. The number of nitrogens with two attached hydrogens (primary N) is 1. The quantitative estimate of drug-likeness (QED) is 0.635. The molecule has 0 unspecified atom stereocenters. The zero-order valence-corrected chi connectivity index (χ0v) is 13.1. The average molecular weight is 335 g/mol. The summed E-state index contributed by atoms with van der Waals surface area (Å²) in [6.07, 6.45) is 1.11. The minimum atomic E-state index is -1.19. The molecule has 0 spiro atoms. The molecule has 0 radical (unpaired) electrons. The van der Waals surface area contributed by atoms with Gasteiger partial charge in [-0.2, -0.15) is 0 Å². The van der Waals surface area contributed by atoms with E-state index in [1.807, 2.05) is 0 Å². The van der Waals surface area contributed by atoms with Crippen molar-refractivity contribution in [2.24, 2.45) is 0 Å². The number of benzene rings is 1. The maximum atomic E-state index is 12.7. The number of anilines is 1. The summed E-state index contributed by atoms with van der Waals surface area (Å²) in [5, 5.41) is 11.9. The van der Waals surface area contributed by atoms with Crippen LogP contribution in [0.3, 0.4) is 0 Å². The summed E-state index contributed by atoms with van der Waals surface area (Å²) in [5.41, 5.74) is 7.47. The molecule has 0 bridgehead atoms. The first-order chi connectivity index (χ1) is 11.9. The second kappa shape index (κ2) is 5.98. The standard InChI is InChI=1S/C17H13N5O3/c1-9-15(10-3-5-11(19-2)6-4-10)16(23)22(21-9)14-7-13(18)12(8-20-14)17(24)25/h3-8,21H,1H3,(H2,18,20)(H,24,25). The molecule has 1 aromatic carbocycles. The van der Waals surface area contributed by atoms with Crippen molar-refractivity contribution >= 4 is 17.3 Å². The van der Waals surface area contributed by atoms with Crippen molar-refractivity contribution in [3.8, 4) is 16.9 Å². The van der Waals surface area contributed by atoms with Gasteiger partial charge in [-0.15, -0.1) is 0 Å². The van der Waals surface area contributed by atoms with Crippen LogP contribution in [0.1, 0.15) is 16.1 Å². The first-order valence-corrected chi connectivity index (χ1v) is 7.21. The van der Waals surface area contributed by atoms with Crippen molar-refractivity contribution in [2.45, 2.75) is 6.92 Å². The number of aromatic carboxylic acids is 1. The van der Waals surface area contributed by atoms with E-state index in [-0.39, 0.29) is 22.6 Å². The number of nitrogen functional groups attached to an aromatic ring is 1. The molecule has 25 heavy (non-hydrogen) atoms. The highest BCUT2D eigenvalue weighted by Crippen LogP contribution is 2.23. The lowest BCUT2D eigenvalue weighted by Crippen LogP contribution is -2.18. The van der Waals surface area contributed by atoms with Gasteiger partial charge in [0.2, 0.25) is 0 Å². The highest BCUT2D eigenvalue weighted by molar-refractivity contribution is 5.93. The molecule has 0 aliphatic heterocycles. The highest BCUT2D eigenvalue weighted by Gasteiger charge is 2.17. The summed E-state index contributed by atoms with van der Waals surface area (Å²) < 4.78 is 1.20. The number of hydrogen-bond acceptors (Lipinski definition) is 4. The minimum absolute atomic E-state index is 0.0135. The molecule has 0 fully saturated rings. The molecular formula is C17H13N5O3. The number of aromatic amines is 1. The van der Waals surface area contributed by atoms with Gasteiger partial charge in [0.15, 0.2) is 11.5 Å². The van der Waals surface area contributed by atoms with Crippen LogP contribution in [-0.4, -0.2) is 25.8 Å². The lowest BCUT2D eigenvalue weighted by molar-refractivity contribution is 0.0697. The normalized spacial score (nSPS) is 10.4. The van der Waals surface area contributed by atoms with Crippen LogP contribution >= 0.6 is 0 Å². The van der Waals surface area contributed by atoms with Crippen LogP contribution in [0.15, 0.2) is 41.3 Å².